The van der Waals surface area contributed by atoms with Crippen LogP contribution in [0, 0.1) is 0 Å². The minimum Gasteiger partial charge on any atom is -0.279 e. The lowest BCUT2D eigenvalue weighted by molar-refractivity contribution is 0.367. The Morgan fingerprint density at radius 3 is 2.47 bits per heavy atom. The third-order valence-corrected chi connectivity index (χ3v) is 4.10. The Balaban J connectivity index is 2.36. The molecule has 2 heterocycles. The Bertz CT molecular complexity index is 507. The molecule has 2 aromatic heterocycles. The smallest absolute Gasteiger partial charge is 0.181 e. The van der Waals surface area contributed by atoms with Crippen LogP contribution in [0.25, 0.3) is 11.0 Å². The first kappa shape index (κ1) is 14.0. The van der Waals surface area contributed by atoms with E-state index in [1.807, 2.05) is 12.3 Å². The number of aromatic amines is 1. The summed E-state index contributed by atoms with van der Waals surface area (Å²) in [4.78, 5) is 4.33. The molecule has 0 unspecified atom stereocenters. The molecule has 0 atom stereocenters. The summed E-state index contributed by atoms with van der Waals surface area (Å²) in [6.07, 6.45) is 9.26. The number of hydrogen-bond donors (Lipinski definition) is 1. The molecule has 104 valence electrons. The maximum atomic E-state index is 4.36. The SMILES string of the molecule is CCCCC(C)(CCCC)c1[nH]nc2ncccc12. The molecule has 19 heavy (non-hydrogen) atoms. The molecule has 0 spiro atoms. The molecule has 0 saturated heterocycles. The summed E-state index contributed by atoms with van der Waals surface area (Å²) in [5.41, 5.74) is 2.32. The monoisotopic (exact) mass is 259 g/mol. The van der Waals surface area contributed by atoms with Crippen molar-refractivity contribution in [3.05, 3.63) is 24.0 Å². The number of H-pyrrole nitrogens is 1. The maximum Gasteiger partial charge on any atom is 0.181 e. The molecule has 0 radical (unpaired) electrons. The fraction of sp³-hybridized carbons (Fsp3) is 0.625. The van der Waals surface area contributed by atoms with Gasteiger partial charge in [-0.3, -0.25) is 5.10 Å². The zero-order chi connectivity index (χ0) is 13.7. The van der Waals surface area contributed by atoms with E-state index in [0.717, 1.165) is 5.65 Å². The van der Waals surface area contributed by atoms with Crippen molar-refractivity contribution in [2.75, 3.05) is 0 Å². The van der Waals surface area contributed by atoms with Gasteiger partial charge in [0.2, 0.25) is 0 Å². The topological polar surface area (TPSA) is 41.6 Å². The molecule has 0 aromatic carbocycles. The fourth-order valence-electron chi connectivity index (χ4n) is 2.82. The Labute approximate surface area is 115 Å². The van der Waals surface area contributed by atoms with Crippen LogP contribution in [-0.2, 0) is 5.41 Å². The number of pyridine rings is 1. The van der Waals surface area contributed by atoms with E-state index in [-0.39, 0.29) is 5.41 Å². The minimum atomic E-state index is 0.198. The number of nitrogens with zero attached hydrogens (tertiary/aromatic N) is 2. The lowest BCUT2D eigenvalue weighted by Crippen LogP contribution is -2.23. The highest BCUT2D eigenvalue weighted by molar-refractivity contribution is 5.78. The number of fused-ring (bicyclic) bond motifs is 1. The zero-order valence-electron chi connectivity index (χ0n) is 12.4. The van der Waals surface area contributed by atoms with E-state index in [0.29, 0.717) is 0 Å². The van der Waals surface area contributed by atoms with Gasteiger partial charge >= 0.3 is 0 Å². The van der Waals surface area contributed by atoms with Crippen molar-refractivity contribution in [3.8, 4) is 0 Å². The Kier molecular flexibility index (Phi) is 4.56. The van der Waals surface area contributed by atoms with Gasteiger partial charge in [0.15, 0.2) is 5.65 Å². The lowest BCUT2D eigenvalue weighted by atomic mass is 9.76. The second-order valence-corrected chi connectivity index (χ2v) is 5.74. The molecule has 2 rings (SSSR count). The summed E-state index contributed by atoms with van der Waals surface area (Å²) >= 11 is 0. The van der Waals surface area contributed by atoms with Gasteiger partial charge in [0.1, 0.15) is 0 Å². The molecule has 0 aliphatic rings. The second kappa shape index (κ2) is 6.18. The Hall–Kier alpha value is -1.38. The highest BCUT2D eigenvalue weighted by Gasteiger charge is 2.29. The van der Waals surface area contributed by atoms with Crippen molar-refractivity contribution in [1.29, 1.82) is 0 Å². The number of nitrogens with one attached hydrogen (secondary N) is 1. The fourth-order valence-corrected chi connectivity index (χ4v) is 2.82. The number of rotatable bonds is 7. The Morgan fingerprint density at radius 1 is 1.16 bits per heavy atom. The van der Waals surface area contributed by atoms with Crippen LogP contribution >= 0.6 is 0 Å². The van der Waals surface area contributed by atoms with Crippen molar-refractivity contribution in [2.45, 2.75) is 64.7 Å². The van der Waals surface area contributed by atoms with Crippen molar-refractivity contribution < 1.29 is 0 Å². The van der Waals surface area contributed by atoms with E-state index >= 15 is 0 Å². The predicted molar refractivity (Wildman–Crippen MR) is 80.3 cm³/mol. The van der Waals surface area contributed by atoms with Crippen molar-refractivity contribution >= 4 is 11.0 Å². The lowest BCUT2D eigenvalue weighted by Gasteiger charge is -2.29. The molecule has 0 fully saturated rings. The van der Waals surface area contributed by atoms with E-state index in [2.05, 4.69) is 42.0 Å². The van der Waals surface area contributed by atoms with E-state index in [1.54, 1.807) is 0 Å². The second-order valence-electron chi connectivity index (χ2n) is 5.74. The molecule has 0 saturated carbocycles. The van der Waals surface area contributed by atoms with E-state index in [1.165, 1.54) is 49.6 Å². The third-order valence-electron chi connectivity index (χ3n) is 4.10. The van der Waals surface area contributed by atoms with Crippen LogP contribution in [-0.4, -0.2) is 15.2 Å². The van der Waals surface area contributed by atoms with Gasteiger partial charge in [0.05, 0.1) is 5.69 Å². The van der Waals surface area contributed by atoms with E-state index < -0.39 is 0 Å². The quantitative estimate of drug-likeness (QED) is 0.789. The average molecular weight is 259 g/mol. The van der Waals surface area contributed by atoms with Crippen molar-refractivity contribution in [3.63, 3.8) is 0 Å². The normalized spacial score (nSPS) is 12.2. The molecule has 3 nitrogen and oxygen atoms in total. The number of aromatic nitrogens is 3. The summed E-state index contributed by atoms with van der Waals surface area (Å²) in [6.45, 7) is 6.89. The highest BCUT2D eigenvalue weighted by atomic mass is 15.2. The molecule has 1 N–H and O–H groups in total. The van der Waals surface area contributed by atoms with Gasteiger partial charge in [0.25, 0.3) is 0 Å². The summed E-state index contributed by atoms with van der Waals surface area (Å²) < 4.78 is 0. The zero-order valence-corrected chi connectivity index (χ0v) is 12.4. The largest absolute Gasteiger partial charge is 0.279 e. The van der Waals surface area contributed by atoms with Crippen LogP contribution in [0.1, 0.15) is 65.0 Å². The Morgan fingerprint density at radius 2 is 1.84 bits per heavy atom. The summed E-state index contributed by atoms with van der Waals surface area (Å²) in [7, 11) is 0. The highest BCUT2D eigenvalue weighted by Crippen LogP contribution is 2.36. The van der Waals surface area contributed by atoms with Gasteiger partial charge in [-0.05, 0) is 25.0 Å². The predicted octanol–water partition coefficient (Wildman–Crippen LogP) is 4.60. The summed E-state index contributed by atoms with van der Waals surface area (Å²) in [5, 5.41) is 8.82. The standard InChI is InChI=1S/C16H25N3/c1-4-6-10-16(3,11-7-5-2)14-13-9-8-12-17-15(13)19-18-14/h8-9,12H,4-7,10-11H2,1-3H3,(H,17,18,19). The molecule has 0 aliphatic carbocycles. The average Bonchev–Trinajstić information content (AvgIpc) is 2.87. The minimum absolute atomic E-state index is 0.198. The number of unbranched alkanes of at least 4 members (excludes halogenated alkanes) is 2. The van der Waals surface area contributed by atoms with Gasteiger partial charge < -0.3 is 0 Å². The molecular formula is C16H25N3. The van der Waals surface area contributed by atoms with Crippen LogP contribution < -0.4 is 0 Å². The van der Waals surface area contributed by atoms with Gasteiger partial charge in [-0.2, -0.15) is 5.10 Å². The first-order valence-electron chi connectivity index (χ1n) is 7.51. The van der Waals surface area contributed by atoms with Gasteiger partial charge in [-0.1, -0.05) is 46.5 Å². The summed E-state index contributed by atoms with van der Waals surface area (Å²) in [6, 6.07) is 4.14. The molecule has 0 bridgehead atoms. The molecule has 3 heteroatoms. The van der Waals surface area contributed by atoms with Crippen molar-refractivity contribution in [1.82, 2.24) is 15.2 Å². The van der Waals surface area contributed by atoms with Crippen LogP contribution in [0.4, 0.5) is 0 Å². The molecule has 2 aromatic rings. The van der Waals surface area contributed by atoms with Crippen molar-refractivity contribution in [2.24, 2.45) is 0 Å². The maximum absolute atomic E-state index is 4.36. The summed E-state index contributed by atoms with van der Waals surface area (Å²) in [5.74, 6) is 0. The van der Waals surface area contributed by atoms with Crippen LogP contribution in [0.15, 0.2) is 18.3 Å². The first-order chi connectivity index (χ1) is 9.21. The van der Waals surface area contributed by atoms with Crippen LogP contribution in [0.3, 0.4) is 0 Å². The van der Waals surface area contributed by atoms with E-state index in [9.17, 15) is 0 Å². The molecule has 0 amide bonds. The van der Waals surface area contributed by atoms with Gasteiger partial charge in [-0.25, -0.2) is 4.98 Å². The third kappa shape index (κ3) is 2.96. The molecule has 0 aliphatic heterocycles. The molecular weight excluding hydrogens is 234 g/mol. The number of hydrogen-bond acceptors (Lipinski definition) is 2. The van der Waals surface area contributed by atoms with E-state index in [4.69, 9.17) is 0 Å². The van der Waals surface area contributed by atoms with Crippen LogP contribution in [0.2, 0.25) is 0 Å². The van der Waals surface area contributed by atoms with Gasteiger partial charge in [0, 0.05) is 17.0 Å². The first-order valence-corrected chi connectivity index (χ1v) is 7.51. The van der Waals surface area contributed by atoms with Gasteiger partial charge in [-0.15, -0.1) is 0 Å². The van der Waals surface area contributed by atoms with Crippen LogP contribution in [0.5, 0.6) is 0 Å².